The third-order valence-corrected chi connectivity index (χ3v) is 3.60. The average molecular weight is 315 g/mol. The third kappa shape index (κ3) is 3.41. The zero-order chi connectivity index (χ0) is 15.8. The fourth-order valence-electron chi connectivity index (χ4n) is 2.52. The number of rotatable bonds is 2. The maximum Gasteiger partial charge on any atom is 0.391 e. The molecule has 0 spiro atoms. The topological polar surface area (TPSA) is 12.0 Å². The van der Waals surface area contributed by atoms with Gasteiger partial charge >= 0.3 is 6.18 Å². The van der Waals surface area contributed by atoms with Crippen LogP contribution in [0.4, 0.5) is 36.4 Å². The van der Waals surface area contributed by atoms with E-state index in [4.69, 9.17) is 0 Å². The fourth-order valence-corrected chi connectivity index (χ4v) is 2.52. The first kappa shape index (κ1) is 15.9. The Hall–Kier alpha value is -1.47. The third-order valence-electron chi connectivity index (χ3n) is 3.60. The molecule has 1 fully saturated rings. The second-order valence-corrected chi connectivity index (χ2v) is 5.09. The van der Waals surface area contributed by atoms with Crippen LogP contribution in [-0.4, -0.2) is 12.2 Å². The first-order chi connectivity index (χ1) is 9.70. The van der Waals surface area contributed by atoms with Gasteiger partial charge in [0.25, 0.3) is 0 Å². The summed E-state index contributed by atoms with van der Waals surface area (Å²) in [4.78, 5) is 0. The van der Waals surface area contributed by atoms with Gasteiger partial charge < -0.3 is 5.32 Å². The Morgan fingerprint density at radius 1 is 0.952 bits per heavy atom. The number of alkyl halides is 3. The van der Waals surface area contributed by atoms with E-state index in [0.29, 0.717) is 0 Å². The monoisotopic (exact) mass is 315 g/mol. The lowest BCUT2D eigenvalue weighted by Gasteiger charge is -2.31. The number of anilines is 1. The summed E-state index contributed by atoms with van der Waals surface area (Å²) in [7, 11) is 0. The van der Waals surface area contributed by atoms with Gasteiger partial charge in [0.15, 0.2) is 23.3 Å². The molecule has 1 aliphatic carbocycles. The van der Waals surface area contributed by atoms with Crippen molar-refractivity contribution in [2.24, 2.45) is 5.92 Å². The van der Waals surface area contributed by atoms with Gasteiger partial charge in [0.2, 0.25) is 0 Å². The number of benzene rings is 1. The summed E-state index contributed by atoms with van der Waals surface area (Å²) < 4.78 is 90.9. The normalized spacial score (nSPS) is 23.2. The Balaban J connectivity index is 2.19. The van der Waals surface area contributed by atoms with Gasteiger partial charge in [-0.2, -0.15) is 13.2 Å². The Morgan fingerprint density at radius 3 is 2.05 bits per heavy atom. The first-order valence-corrected chi connectivity index (χ1v) is 6.36. The van der Waals surface area contributed by atoms with Crippen molar-refractivity contribution in [1.29, 1.82) is 0 Å². The van der Waals surface area contributed by atoms with Crippen LogP contribution < -0.4 is 5.32 Å². The van der Waals surface area contributed by atoms with E-state index in [9.17, 15) is 30.7 Å². The van der Waals surface area contributed by atoms with E-state index in [1.165, 1.54) is 0 Å². The maximum absolute atomic E-state index is 13.5. The van der Waals surface area contributed by atoms with Crippen molar-refractivity contribution in [1.82, 2.24) is 0 Å². The molecular weight excluding hydrogens is 303 g/mol. The van der Waals surface area contributed by atoms with Crippen molar-refractivity contribution in [2.45, 2.75) is 37.9 Å². The van der Waals surface area contributed by atoms with Crippen molar-refractivity contribution >= 4 is 5.69 Å². The van der Waals surface area contributed by atoms with Crippen LogP contribution in [0.2, 0.25) is 0 Å². The molecule has 1 nitrogen and oxygen atoms in total. The Bertz CT molecular complexity index is 500. The standard InChI is InChI=1S/C13H12F7N/c14-8-5-9(15)11(17)12(10(8)16)21-7-3-1-2-6(4-7)13(18,19)20/h5-7,21H,1-4H2. The van der Waals surface area contributed by atoms with E-state index in [0.717, 1.165) is 0 Å². The highest BCUT2D eigenvalue weighted by Crippen LogP contribution is 2.39. The first-order valence-electron chi connectivity index (χ1n) is 6.36. The molecular formula is C13H12F7N. The quantitative estimate of drug-likeness (QED) is 0.612. The van der Waals surface area contributed by atoms with Crippen LogP contribution in [0.25, 0.3) is 0 Å². The molecule has 21 heavy (non-hydrogen) atoms. The zero-order valence-electron chi connectivity index (χ0n) is 10.7. The summed E-state index contributed by atoms with van der Waals surface area (Å²) >= 11 is 0. The molecule has 1 aromatic rings. The van der Waals surface area contributed by atoms with Gasteiger partial charge in [0.05, 0.1) is 5.92 Å². The molecule has 0 aliphatic heterocycles. The number of nitrogens with one attached hydrogen (secondary N) is 1. The van der Waals surface area contributed by atoms with Gasteiger partial charge in [-0.15, -0.1) is 0 Å². The highest BCUT2D eigenvalue weighted by atomic mass is 19.4. The van der Waals surface area contributed by atoms with E-state index >= 15 is 0 Å². The molecule has 1 aromatic carbocycles. The minimum absolute atomic E-state index is 0.0508. The molecule has 1 saturated carbocycles. The van der Waals surface area contributed by atoms with Crippen LogP contribution in [-0.2, 0) is 0 Å². The van der Waals surface area contributed by atoms with Gasteiger partial charge in [0.1, 0.15) is 5.69 Å². The fraction of sp³-hybridized carbons (Fsp3) is 0.538. The second kappa shape index (κ2) is 5.73. The van der Waals surface area contributed by atoms with Crippen molar-refractivity contribution < 1.29 is 30.7 Å². The van der Waals surface area contributed by atoms with Gasteiger partial charge in [-0.25, -0.2) is 17.6 Å². The predicted octanol–water partition coefficient (Wildman–Crippen LogP) is 4.78. The van der Waals surface area contributed by atoms with Crippen LogP contribution >= 0.6 is 0 Å². The average Bonchev–Trinajstić information content (AvgIpc) is 2.41. The number of hydrogen-bond donors (Lipinski definition) is 1. The molecule has 0 bridgehead atoms. The summed E-state index contributed by atoms with van der Waals surface area (Å²) in [6, 6.07) is -0.842. The lowest BCUT2D eigenvalue weighted by atomic mass is 9.85. The summed E-state index contributed by atoms with van der Waals surface area (Å²) in [6.07, 6.45) is -4.40. The highest BCUT2D eigenvalue weighted by molar-refractivity contribution is 5.48. The molecule has 0 radical (unpaired) electrons. The van der Waals surface area contributed by atoms with Crippen molar-refractivity contribution in [3.05, 3.63) is 29.3 Å². The number of halogens is 7. The van der Waals surface area contributed by atoms with Crippen LogP contribution in [0.5, 0.6) is 0 Å². The molecule has 2 atom stereocenters. The van der Waals surface area contributed by atoms with E-state index in [1.54, 1.807) is 0 Å². The van der Waals surface area contributed by atoms with Gasteiger partial charge in [0, 0.05) is 12.1 Å². The van der Waals surface area contributed by atoms with Gasteiger partial charge in [-0.05, 0) is 19.3 Å². The molecule has 1 aliphatic rings. The molecule has 8 heteroatoms. The van der Waals surface area contributed by atoms with Crippen LogP contribution in [0, 0.1) is 29.2 Å². The van der Waals surface area contributed by atoms with Gasteiger partial charge in [-0.3, -0.25) is 0 Å². The molecule has 2 rings (SSSR count). The van der Waals surface area contributed by atoms with E-state index in [-0.39, 0.29) is 31.7 Å². The largest absolute Gasteiger partial charge is 0.391 e. The Morgan fingerprint density at radius 2 is 1.52 bits per heavy atom. The van der Waals surface area contributed by atoms with Crippen LogP contribution in [0.1, 0.15) is 25.7 Å². The molecule has 0 saturated heterocycles. The van der Waals surface area contributed by atoms with Crippen LogP contribution in [0.15, 0.2) is 6.07 Å². The zero-order valence-corrected chi connectivity index (χ0v) is 10.7. The molecule has 1 N–H and O–H groups in total. The van der Waals surface area contributed by atoms with Crippen molar-refractivity contribution in [2.75, 3.05) is 5.32 Å². The second-order valence-electron chi connectivity index (χ2n) is 5.09. The molecule has 0 heterocycles. The maximum atomic E-state index is 13.5. The summed E-state index contributed by atoms with van der Waals surface area (Å²) in [5.41, 5.74) is -1.06. The summed E-state index contributed by atoms with van der Waals surface area (Å²) in [5, 5.41) is 2.17. The van der Waals surface area contributed by atoms with Crippen molar-refractivity contribution in [3.8, 4) is 0 Å². The summed E-state index contributed by atoms with van der Waals surface area (Å²) in [5.74, 6) is -8.06. The van der Waals surface area contributed by atoms with E-state index < -0.39 is 47.1 Å². The highest BCUT2D eigenvalue weighted by Gasteiger charge is 2.42. The summed E-state index contributed by atoms with van der Waals surface area (Å²) in [6.45, 7) is 0. The van der Waals surface area contributed by atoms with E-state index in [2.05, 4.69) is 5.32 Å². The predicted molar refractivity (Wildman–Crippen MR) is 61.7 cm³/mol. The van der Waals surface area contributed by atoms with Crippen molar-refractivity contribution in [3.63, 3.8) is 0 Å². The molecule has 0 amide bonds. The lowest BCUT2D eigenvalue weighted by molar-refractivity contribution is -0.182. The molecule has 2 unspecified atom stereocenters. The number of hydrogen-bond acceptors (Lipinski definition) is 1. The van der Waals surface area contributed by atoms with Crippen LogP contribution in [0.3, 0.4) is 0 Å². The van der Waals surface area contributed by atoms with E-state index in [1.807, 2.05) is 0 Å². The van der Waals surface area contributed by atoms with Gasteiger partial charge in [-0.1, -0.05) is 6.42 Å². The Labute approximate surface area is 116 Å². The minimum atomic E-state index is -4.40. The Kier molecular flexibility index (Phi) is 4.34. The minimum Gasteiger partial charge on any atom is -0.377 e. The molecule has 0 aromatic heterocycles. The SMILES string of the molecule is Fc1cc(F)c(F)c(NC2CCCC(C(F)(F)F)C2)c1F. The lowest BCUT2D eigenvalue weighted by Crippen LogP contribution is -2.35. The molecule has 118 valence electrons. The smallest absolute Gasteiger partial charge is 0.377 e.